The van der Waals surface area contributed by atoms with E-state index in [1.54, 1.807) is 0 Å². The first-order chi connectivity index (χ1) is 9.31. The summed E-state index contributed by atoms with van der Waals surface area (Å²) in [6, 6.07) is 7.76. The van der Waals surface area contributed by atoms with Crippen LogP contribution in [-0.2, 0) is 6.54 Å². The topological polar surface area (TPSA) is 75.7 Å². The van der Waals surface area contributed by atoms with Crippen molar-refractivity contribution in [2.75, 3.05) is 6.61 Å². The minimum Gasteiger partial charge on any atom is -0.481 e. The molecule has 0 aliphatic rings. The van der Waals surface area contributed by atoms with Crippen LogP contribution in [0.1, 0.15) is 24.4 Å². The van der Waals surface area contributed by atoms with Crippen LogP contribution in [0.2, 0.25) is 0 Å². The van der Waals surface area contributed by atoms with Gasteiger partial charge < -0.3 is 10.1 Å². The molecule has 1 heterocycles. The van der Waals surface area contributed by atoms with Crippen molar-refractivity contribution in [1.82, 2.24) is 25.9 Å². The van der Waals surface area contributed by atoms with Gasteiger partial charge in [0.2, 0.25) is 0 Å². The fourth-order valence-corrected chi connectivity index (χ4v) is 1.62. The third kappa shape index (κ3) is 3.53. The fraction of sp³-hybridized carbons (Fsp3) is 0.308. The number of nitrogens with one attached hydrogen (secondary N) is 2. The van der Waals surface area contributed by atoms with Crippen LogP contribution in [0.4, 0.5) is 0 Å². The number of aromatic nitrogens is 4. The number of tetrazole rings is 1. The smallest absolute Gasteiger partial charge is 0.191 e. The highest BCUT2D eigenvalue weighted by atomic mass is 16.5. The summed E-state index contributed by atoms with van der Waals surface area (Å²) in [6.45, 7) is 2.86. The van der Waals surface area contributed by atoms with Crippen LogP contribution < -0.4 is 10.1 Å². The number of aromatic amines is 1. The van der Waals surface area contributed by atoms with Gasteiger partial charge in [-0.05, 0) is 13.0 Å². The summed E-state index contributed by atoms with van der Waals surface area (Å²) in [5, 5.41) is 17.1. The summed E-state index contributed by atoms with van der Waals surface area (Å²) in [4.78, 5) is 0. The van der Waals surface area contributed by atoms with Gasteiger partial charge >= 0.3 is 0 Å². The third-order valence-corrected chi connectivity index (χ3v) is 2.63. The molecular formula is C13H15N5O. The van der Waals surface area contributed by atoms with E-state index in [-0.39, 0.29) is 12.6 Å². The van der Waals surface area contributed by atoms with Crippen molar-refractivity contribution in [3.63, 3.8) is 0 Å². The van der Waals surface area contributed by atoms with Crippen LogP contribution in [0.25, 0.3) is 0 Å². The SMILES string of the molecule is C#CCOc1ccccc1CNC(C)c1nn[nH]n1. The van der Waals surface area contributed by atoms with Gasteiger partial charge in [0.15, 0.2) is 5.82 Å². The highest BCUT2D eigenvalue weighted by Gasteiger charge is 2.10. The zero-order chi connectivity index (χ0) is 13.5. The lowest BCUT2D eigenvalue weighted by molar-refractivity contribution is 0.363. The van der Waals surface area contributed by atoms with E-state index >= 15 is 0 Å². The Kier molecular flexibility index (Phi) is 4.48. The van der Waals surface area contributed by atoms with E-state index in [9.17, 15) is 0 Å². The maximum atomic E-state index is 5.48. The highest BCUT2D eigenvalue weighted by molar-refractivity contribution is 5.33. The Bertz CT molecular complexity index is 546. The van der Waals surface area contributed by atoms with Crippen LogP contribution in [0.15, 0.2) is 24.3 Å². The molecule has 1 aromatic carbocycles. The van der Waals surface area contributed by atoms with E-state index in [1.807, 2.05) is 31.2 Å². The molecule has 0 aliphatic heterocycles. The molecule has 0 radical (unpaired) electrons. The van der Waals surface area contributed by atoms with E-state index in [1.165, 1.54) is 0 Å². The number of H-pyrrole nitrogens is 1. The number of ether oxygens (including phenoxy) is 1. The first kappa shape index (κ1) is 13.1. The molecular weight excluding hydrogens is 242 g/mol. The van der Waals surface area contributed by atoms with Crippen molar-refractivity contribution in [3.05, 3.63) is 35.7 Å². The van der Waals surface area contributed by atoms with Crippen molar-refractivity contribution in [2.45, 2.75) is 19.5 Å². The molecule has 0 bridgehead atoms. The standard InChI is InChI=1S/C13H15N5O/c1-3-8-19-12-7-5-4-6-11(12)9-14-10(2)13-15-17-18-16-13/h1,4-7,10,14H,8-9H2,2H3,(H,15,16,17,18). The average Bonchev–Trinajstić information content (AvgIpc) is 2.97. The predicted molar refractivity (Wildman–Crippen MR) is 70.2 cm³/mol. The van der Waals surface area contributed by atoms with Gasteiger partial charge in [-0.15, -0.1) is 16.6 Å². The van der Waals surface area contributed by atoms with Crippen molar-refractivity contribution in [3.8, 4) is 18.1 Å². The lowest BCUT2D eigenvalue weighted by Gasteiger charge is -2.13. The molecule has 0 saturated carbocycles. The lowest BCUT2D eigenvalue weighted by atomic mass is 10.2. The molecule has 2 N–H and O–H groups in total. The number of hydrogen-bond acceptors (Lipinski definition) is 5. The summed E-state index contributed by atoms with van der Waals surface area (Å²) >= 11 is 0. The second-order valence-electron chi connectivity index (χ2n) is 3.97. The largest absolute Gasteiger partial charge is 0.481 e. The fourth-order valence-electron chi connectivity index (χ4n) is 1.62. The molecule has 6 heteroatoms. The molecule has 1 aromatic heterocycles. The van der Waals surface area contributed by atoms with Crippen LogP contribution in [-0.4, -0.2) is 27.2 Å². The van der Waals surface area contributed by atoms with Crippen LogP contribution in [0, 0.1) is 12.3 Å². The maximum Gasteiger partial charge on any atom is 0.191 e. The second-order valence-corrected chi connectivity index (χ2v) is 3.97. The van der Waals surface area contributed by atoms with Crippen molar-refractivity contribution in [2.24, 2.45) is 0 Å². The number of terminal acetylenes is 1. The molecule has 2 rings (SSSR count). The van der Waals surface area contributed by atoms with Crippen molar-refractivity contribution >= 4 is 0 Å². The van der Waals surface area contributed by atoms with Gasteiger partial charge in [0.25, 0.3) is 0 Å². The highest BCUT2D eigenvalue weighted by Crippen LogP contribution is 2.18. The minimum atomic E-state index is -0.000519. The summed E-state index contributed by atoms with van der Waals surface area (Å²) in [6.07, 6.45) is 5.20. The lowest BCUT2D eigenvalue weighted by Crippen LogP contribution is -2.19. The molecule has 0 fully saturated rings. The van der Waals surface area contributed by atoms with Crippen LogP contribution in [0.5, 0.6) is 5.75 Å². The zero-order valence-electron chi connectivity index (χ0n) is 10.6. The number of nitrogens with zero attached hydrogens (tertiary/aromatic N) is 3. The van der Waals surface area contributed by atoms with E-state index in [0.29, 0.717) is 12.4 Å². The molecule has 98 valence electrons. The second kappa shape index (κ2) is 6.52. The molecule has 0 aliphatic carbocycles. The molecule has 2 aromatic rings. The zero-order valence-corrected chi connectivity index (χ0v) is 10.6. The van der Waals surface area contributed by atoms with Gasteiger partial charge in [-0.25, -0.2) is 0 Å². The van der Waals surface area contributed by atoms with Gasteiger partial charge in [-0.2, -0.15) is 5.21 Å². The Labute approximate surface area is 111 Å². The number of hydrogen-bond donors (Lipinski definition) is 2. The molecule has 19 heavy (non-hydrogen) atoms. The predicted octanol–water partition coefficient (Wildman–Crippen LogP) is 1.06. The van der Waals surface area contributed by atoms with E-state index < -0.39 is 0 Å². The van der Waals surface area contributed by atoms with Gasteiger partial charge in [0, 0.05) is 12.1 Å². The minimum absolute atomic E-state index is 0.000519. The Morgan fingerprint density at radius 2 is 2.32 bits per heavy atom. The van der Waals surface area contributed by atoms with E-state index in [4.69, 9.17) is 11.2 Å². The summed E-state index contributed by atoms with van der Waals surface area (Å²) in [5.41, 5.74) is 1.04. The van der Waals surface area contributed by atoms with Crippen molar-refractivity contribution < 1.29 is 4.74 Å². The van der Waals surface area contributed by atoms with Crippen LogP contribution >= 0.6 is 0 Å². The number of para-hydroxylation sites is 1. The number of benzene rings is 1. The molecule has 6 nitrogen and oxygen atoms in total. The summed E-state index contributed by atoms with van der Waals surface area (Å²) < 4.78 is 5.48. The Balaban J connectivity index is 1.97. The molecule has 0 amide bonds. The molecule has 0 saturated heterocycles. The number of rotatable bonds is 6. The molecule has 0 spiro atoms. The van der Waals surface area contributed by atoms with Gasteiger partial charge in [0.05, 0.1) is 6.04 Å². The molecule has 1 unspecified atom stereocenters. The summed E-state index contributed by atoms with van der Waals surface area (Å²) in [7, 11) is 0. The average molecular weight is 257 g/mol. The Morgan fingerprint density at radius 1 is 1.47 bits per heavy atom. The first-order valence-corrected chi connectivity index (χ1v) is 5.92. The van der Waals surface area contributed by atoms with E-state index in [0.717, 1.165) is 11.3 Å². The third-order valence-electron chi connectivity index (χ3n) is 2.63. The maximum absolute atomic E-state index is 5.48. The first-order valence-electron chi connectivity index (χ1n) is 5.92. The van der Waals surface area contributed by atoms with E-state index in [2.05, 4.69) is 31.9 Å². The van der Waals surface area contributed by atoms with Gasteiger partial charge in [-0.1, -0.05) is 29.3 Å². The van der Waals surface area contributed by atoms with Crippen LogP contribution in [0.3, 0.4) is 0 Å². The van der Waals surface area contributed by atoms with Gasteiger partial charge in [-0.3, -0.25) is 0 Å². The molecule has 1 atom stereocenters. The summed E-state index contributed by atoms with van der Waals surface area (Å²) in [5.74, 6) is 3.87. The monoisotopic (exact) mass is 257 g/mol. The Hall–Kier alpha value is -2.39. The normalized spacial score (nSPS) is 11.8. The Morgan fingerprint density at radius 3 is 3.05 bits per heavy atom. The quantitative estimate of drug-likeness (QED) is 0.757. The van der Waals surface area contributed by atoms with Crippen molar-refractivity contribution in [1.29, 1.82) is 0 Å². The van der Waals surface area contributed by atoms with Gasteiger partial charge in [0.1, 0.15) is 12.4 Å².